The first kappa shape index (κ1) is 8.58. The number of nitrogens with zero attached hydrogens (tertiary/aromatic N) is 2. The number of Topliss-reactive ketones (excluding diaryl/α,β-unsaturated/α-hetero) is 1. The van der Waals surface area contributed by atoms with Crippen molar-refractivity contribution in [1.29, 1.82) is 0 Å². The zero-order chi connectivity index (χ0) is 9.30. The average Bonchev–Trinajstić information content (AvgIpc) is 2.16. The highest BCUT2D eigenvalue weighted by atomic mass is 16.3. The minimum atomic E-state index is -0.386. The Kier molecular flexibility index (Phi) is 2.03. The molecule has 1 aromatic heterocycles. The molecule has 5 heteroatoms. The summed E-state index contributed by atoms with van der Waals surface area (Å²) in [6.45, 7) is 1.28. The van der Waals surface area contributed by atoms with Crippen molar-refractivity contribution in [3.05, 3.63) is 16.7 Å². The van der Waals surface area contributed by atoms with E-state index < -0.39 is 0 Å². The summed E-state index contributed by atoms with van der Waals surface area (Å²) >= 11 is 0. The molecule has 1 N–H and O–H groups in total. The summed E-state index contributed by atoms with van der Waals surface area (Å²) in [5.41, 5.74) is -0.386. The molecular formula is C7H10N2O3. The molecule has 5 nitrogen and oxygen atoms in total. The molecule has 0 radical (unpaired) electrons. The van der Waals surface area contributed by atoms with E-state index in [9.17, 15) is 9.59 Å². The summed E-state index contributed by atoms with van der Waals surface area (Å²) in [6.07, 6.45) is 1.27. The number of aromatic nitrogens is 2. The number of hydrogen-bond acceptors (Lipinski definition) is 3. The molecule has 0 atom stereocenters. The van der Waals surface area contributed by atoms with Crippen LogP contribution in [0.5, 0.6) is 5.88 Å². The fourth-order valence-electron chi connectivity index (χ4n) is 0.958. The third kappa shape index (κ3) is 1.39. The lowest BCUT2D eigenvalue weighted by Crippen LogP contribution is -2.24. The Morgan fingerprint density at radius 2 is 2.25 bits per heavy atom. The van der Waals surface area contributed by atoms with Crippen LogP contribution >= 0.6 is 0 Å². The van der Waals surface area contributed by atoms with Gasteiger partial charge in [0.05, 0.1) is 12.7 Å². The predicted octanol–water partition coefficient (Wildman–Crippen LogP) is -0.519. The van der Waals surface area contributed by atoms with Crippen LogP contribution in [0.3, 0.4) is 0 Å². The van der Waals surface area contributed by atoms with Crippen molar-refractivity contribution in [3.8, 4) is 5.88 Å². The Labute approximate surface area is 68.9 Å². The molecule has 66 valence electrons. The van der Waals surface area contributed by atoms with Gasteiger partial charge in [0.15, 0.2) is 0 Å². The molecule has 0 aliphatic rings. The number of imidazole rings is 1. The fraction of sp³-hybridized carbons (Fsp3) is 0.429. The number of rotatable bonds is 2. The van der Waals surface area contributed by atoms with E-state index >= 15 is 0 Å². The number of aryl methyl sites for hydroxylation is 1. The highest BCUT2D eigenvalue weighted by Crippen LogP contribution is 2.03. The SMILES string of the molecule is CC(=O)Cn1c(O)cn(C)c1=O. The van der Waals surface area contributed by atoms with Gasteiger partial charge in [0.1, 0.15) is 5.78 Å². The molecule has 1 aromatic rings. The highest BCUT2D eigenvalue weighted by molar-refractivity contribution is 5.75. The van der Waals surface area contributed by atoms with Crippen molar-refractivity contribution in [2.45, 2.75) is 13.5 Å². The van der Waals surface area contributed by atoms with Gasteiger partial charge < -0.3 is 5.11 Å². The molecule has 1 rings (SSSR count). The molecule has 1 heterocycles. The first-order valence-electron chi connectivity index (χ1n) is 3.47. The predicted molar refractivity (Wildman–Crippen MR) is 42.0 cm³/mol. The van der Waals surface area contributed by atoms with Gasteiger partial charge >= 0.3 is 5.69 Å². The molecule has 0 aliphatic heterocycles. The van der Waals surface area contributed by atoms with Gasteiger partial charge in [-0.05, 0) is 6.92 Å². The van der Waals surface area contributed by atoms with Crippen molar-refractivity contribution < 1.29 is 9.90 Å². The summed E-state index contributed by atoms with van der Waals surface area (Å²) in [7, 11) is 1.51. The number of ketones is 1. The van der Waals surface area contributed by atoms with Gasteiger partial charge in [0.25, 0.3) is 0 Å². The largest absolute Gasteiger partial charge is 0.493 e. The quantitative estimate of drug-likeness (QED) is 0.649. The molecule has 0 spiro atoms. The van der Waals surface area contributed by atoms with Crippen LogP contribution in [0, 0.1) is 0 Å². The van der Waals surface area contributed by atoms with Crippen LogP contribution in [-0.2, 0) is 18.4 Å². The Morgan fingerprint density at radius 1 is 1.67 bits per heavy atom. The molecular weight excluding hydrogens is 160 g/mol. The summed E-state index contributed by atoms with van der Waals surface area (Å²) in [6, 6.07) is 0. The molecule has 0 unspecified atom stereocenters. The van der Waals surface area contributed by atoms with Crippen LogP contribution in [0.15, 0.2) is 11.0 Å². The van der Waals surface area contributed by atoms with E-state index in [1.807, 2.05) is 0 Å². The van der Waals surface area contributed by atoms with Crippen LogP contribution in [0.1, 0.15) is 6.92 Å². The Balaban J connectivity index is 3.14. The second-order valence-corrected chi connectivity index (χ2v) is 2.67. The second-order valence-electron chi connectivity index (χ2n) is 2.67. The third-order valence-electron chi connectivity index (χ3n) is 1.50. The second kappa shape index (κ2) is 2.84. The van der Waals surface area contributed by atoms with Gasteiger partial charge in [-0.2, -0.15) is 0 Å². The Bertz CT molecular complexity index is 361. The van der Waals surface area contributed by atoms with E-state index in [1.165, 1.54) is 24.7 Å². The highest BCUT2D eigenvalue weighted by Gasteiger charge is 2.08. The number of aromatic hydroxyl groups is 1. The minimum Gasteiger partial charge on any atom is -0.493 e. The standard InChI is InChI=1S/C7H10N2O3/c1-5(10)3-9-6(11)4-8(2)7(9)12/h4,11H,3H2,1-2H3. The first-order chi connectivity index (χ1) is 5.52. The van der Waals surface area contributed by atoms with Crippen LogP contribution in [0.25, 0.3) is 0 Å². The molecule has 0 saturated heterocycles. The number of carbonyl (C=O) groups excluding carboxylic acids is 1. The van der Waals surface area contributed by atoms with Gasteiger partial charge in [0.2, 0.25) is 5.88 Å². The van der Waals surface area contributed by atoms with Gasteiger partial charge in [-0.25, -0.2) is 4.79 Å². The van der Waals surface area contributed by atoms with E-state index in [2.05, 4.69) is 0 Å². The molecule has 0 bridgehead atoms. The van der Waals surface area contributed by atoms with Crippen LogP contribution in [-0.4, -0.2) is 20.0 Å². The maximum atomic E-state index is 11.1. The molecule has 0 fully saturated rings. The van der Waals surface area contributed by atoms with Crippen molar-refractivity contribution >= 4 is 5.78 Å². The summed E-state index contributed by atoms with van der Waals surface area (Å²) in [4.78, 5) is 21.8. The normalized spacial score (nSPS) is 10.2. The van der Waals surface area contributed by atoms with Crippen LogP contribution in [0.2, 0.25) is 0 Å². The Hall–Kier alpha value is -1.52. The number of carbonyl (C=O) groups is 1. The minimum absolute atomic E-state index is 0.0779. The van der Waals surface area contributed by atoms with Gasteiger partial charge in [0, 0.05) is 7.05 Å². The molecule has 0 amide bonds. The zero-order valence-corrected chi connectivity index (χ0v) is 6.94. The first-order valence-corrected chi connectivity index (χ1v) is 3.47. The van der Waals surface area contributed by atoms with Crippen molar-refractivity contribution in [3.63, 3.8) is 0 Å². The zero-order valence-electron chi connectivity index (χ0n) is 6.94. The number of hydrogen-bond donors (Lipinski definition) is 1. The Morgan fingerprint density at radius 3 is 2.58 bits per heavy atom. The molecule has 0 aromatic carbocycles. The molecule has 0 aliphatic carbocycles. The van der Waals surface area contributed by atoms with E-state index in [0.29, 0.717) is 0 Å². The van der Waals surface area contributed by atoms with E-state index in [4.69, 9.17) is 5.11 Å². The van der Waals surface area contributed by atoms with Crippen molar-refractivity contribution in [2.24, 2.45) is 7.05 Å². The fourth-order valence-corrected chi connectivity index (χ4v) is 0.958. The lowest BCUT2D eigenvalue weighted by atomic mass is 10.4. The molecule has 0 saturated carbocycles. The third-order valence-corrected chi connectivity index (χ3v) is 1.50. The van der Waals surface area contributed by atoms with Gasteiger partial charge in [-0.15, -0.1) is 0 Å². The lowest BCUT2D eigenvalue weighted by molar-refractivity contribution is -0.117. The maximum Gasteiger partial charge on any atom is 0.331 e. The smallest absolute Gasteiger partial charge is 0.331 e. The van der Waals surface area contributed by atoms with Crippen molar-refractivity contribution in [1.82, 2.24) is 9.13 Å². The summed E-state index contributed by atoms with van der Waals surface area (Å²) < 4.78 is 2.24. The topological polar surface area (TPSA) is 64.2 Å². The van der Waals surface area contributed by atoms with Gasteiger partial charge in [-0.1, -0.05) is 0 Å². The molecule has 12 heavy (non-hydrogen) atoms. The van der Waals surface area contributed by atoms with Crippen molar-refractivity contribution in [2.75, 3.05) is 0 Å². The van der Waals surface area contributed by atoms with Crippen LogP contribution in [0.4, 0.5) is 0 Å². The van der Waals surface area contributed by atoms with E-state index in [-0.39, 0.29) is 23.9 Å². The summed E-state index contributed by atoms with van der Waals surface area (Å²) in [5, 5.41) is 9.15. The summed E-state index contributed by atoms with van der Waals surface area (Å²) in [5.74, 6) is -0.351. The lowest BCUT2D eigenvalue weighted by Gasteiger charge is -1.96. The van der Waals surface area contributed by atoms with E-state index in [0.717, 1.165) is 4.57 Å². The van der Waals surface area contributed by atoms with Gasteiger partial charge in [-0.3, -0.25) is 13.9 Å². The van der Waals surface area contributed by atoms with E-state index in [1.54, 1.807) is 0 Å². The maximum absolute atomic E-state index is 11.1. The average molecular weight is 170 g/mol. The van der Waals surface area contributed by atoms with Crippen LogP contribution < -0.4 is 5.69 Å². The monoisotopic (exact) mass is 170 g/mol.